The van der Waals surface area contributed by atoms with Gasteiger partial charge in [-0.1, -0.05) is 53.6 Å². The zero-order valence-electron chi connectivity index (χ0n) is 12.0. The van der Waals surface area contributed by atoms with Crippen molar-refractivity contribution < 1.29 is 0 Å². The second-order valence-electron chi connectivity index (χ2n) is 6.12. The normalized spacial score (nSPS) is 26.1. The largest absolute Gasteiger partial charge is 0.378 e. The minimum absolute atomic E-state index is 0.359. The third-order valence-corrected chi connectivity index (χ3v) is 5.00. The highest BCUT2D eigenvalue weighted by Gasteiger charge is 2.37. The highest BCUT2D eigenvalue weighted by Crippen LogP contribution is 2.49. The number of allylic oxidation sites excluding steroid dienone is 2. The molecule has 0 fully saturated rings. The molecule has 0 radical (unpaired) electrons. The Kier molecular flexibility index (Phi) is 3.04. The van der Waals surface area contributed by atoms with E-state index >= 15 is 0 Å². The fourth-order valence-electron chi connectivity index (χ4n) is 3.71. The summed E-state index contributed by atoms with van der Waals surface area (Å²) in [7, 11) is 0. The second-order valence-corrected chi connectivity index (χ2v) is 6.55. The van der Waals surface area contributed by atoms with Gasteiger partial charge < -0.3 is 5.32 Å². The third kappa shape index (κ3) is 2.16. The zero-order chi connectivity index (χ0) is 14.4. The van der Waals surface area contributed by atoms with Crippen LogP contribution in [0.3, 0.4) is 0 Å². The van der Waals surface area contributed by atoms with E-state index in [9.17, 15) is 0 Å². The van der Waals surface area contributed by atoms with Crippen molar-refractivity contribution >= 4 is 17.3 Å². The van der Waals surface area contributed by atoms with Gasteiger partial charge in [0.15, 0.2) is 0 Å². The maximum absolute atomic E-state index is 6.03. The van der Waals surface area contributed by atoms with Crippen LogP contribution in [0, 0.1) is 12.8 Å². The first-order chi connectivity index (χ1) is 10.2. The van der Waals surface area contributed by atoms with Gasteiger partial charge in [0.1, 0.15) is 0 Å². The molecule has 0 aromatic heterocycles. The van der Waals surface area contributed by atoms with Gasteiger partial charge in [-0.2, -0.15) is 0 Å². The SMILES string of the molecule is Cc1ccc2c(c1)C1C=CCC1C(c1ccc(Cl)cc1)N2. The monoisotopic (exact) mass is 295 g/mol. The molecule has 0 spiro atoms. The molecule has 106 valence electrons. The van der Waals surface area contributed by atoms with Crippen molar-refractivity contribution in [2.75, 3.05) is 5.32 Å². The molecular formula is C19H18ClN. The number of benzene rings is 2. The van der Waals surface area contributed by atoms with Crippen LogP contribution in [-0.2, 0) is 0 Å². The van der Waals surface area contributed by atoms with Crippen LogP contribution in [-0.4, -0.2) is 0 Å². The van der Waals surface area contributed by atoms with Crippen molar-refractivity contribution in [1.82, 2.24) is 0 Å². The van der Waals surface area contributed by atoms with Crippen LogP contribution in [0.15, 0.2) is 54.6 Å². The summed E-state index contributed by atoms with van der Waals surface area (Å²) in [6, 6.07) is 15.4. The van der Waals surface area contributed by atoms with Crippen LogP contribution in [0.2, 0.25) is 5.02 Å². The van der Waals surface area contributed by atoms with Gasteiger partial charge in [-0.05, 0) is 48.6 Å². The van der Waals surface area contributed by atoms with Crippen molar-refractivity contribution in [1.29, 1.82) is 0 Å². The van der Waals surface area contributed by atoms with Gasteiger partial charge in [-0.3, -0.25) is 0 Å². The van der Waals surface area contributed by atoms with E-state index < -0.39 is 0 Å². The Morgan fingerprint density at radius 3 is 2.71 bits per heavy atom. The number of fused-ring (bicyclic) bond motifs is 3. The van der Waals surface area contributed by atoms with E-state index in [1.807, 2.05) is 12.1 Å². The summed E-state index contributed by atoms with van der Waals surface area (Å²) in [4.78, 5) is 0. The molecule has 1 heterocycles. The molecule has 21 heavy (non-hydrogen) atoms. The fourth-order valence-corrected chi connectivity index (χ4v) is 3.84. The molecule has 1 aliphatic carbocycles. The lowest BCUT2D eigenvalue weighted by atomic mass is 9.77. The Labute approximate surface area is 130 Å². The molecule has 3 unspecified atom stereocenters. The zero-order valence-corrected chi connectivity index (χ0v) is 12.8. The number of halogens is 1. The minimum Gasteiger partial charge on any atom is -0.378 e. The first-order valence-corrected chi connectivity index (χ1v) is 7.89. The van der Waals surface area contributed by atoms with E-state index in [-0.39, 0.29) is 0 Å². The number of aryl methyl sites for hydroxylation is 1. The Morgan fingerprint density at radius 2 is 1.90 bits per heavy atom. The first kappa shape index (κ1) is 13.0. The van der Waals surface area contributed by atoms with Crippen LogP contribution in [0.5, 0.6) is 0 Å². The Hall–Kier alpha value is -1.73. The van der Waals surface area contributed by atoms with Gasteiger partial charge in [-0.15, -0.1) is 0 Å². The lowest BCUT2D eigenvalue weighted by Crippen LogP contribution is -2.29. The van der Waals surface area contributed by atoms with Gasteiger partial charge in [0.05, 0.1) is 6.04 Å². The standard InChI is InChI=1S/C19H18ClN/c1-12-5-10-18-17(11-12)15-3-2-4-16(15)19(21-18)13-6-8-14(20)9-7-13/h2-3,5-11,15-16,19,21H,4H2,1H3. The van der Waals surface area contributed by atoms with Crippen LogP contribution >= 0.6 is 11.6 Å². The average Bonchev–Trinajstić information content (AvgIpc) is 2.97. The highest BCUT2D eigenvalue weighted by atomic mass is 35.5. The van der Waals surface area contributed by atoms with E-state index in [0.29, 0.717) is 17.9 Å². The van der Waals surface area contributed by atoms with E-state index in [1.165, 1.54) is 22.4 Å². The number of hydrogen-bond acceptors (Lipinski definition) is 1. The van der Waals surface area contributed by atoms with Gasteiger partial charge in [0.25, 0.3) is 0 Å². The van der Waals surface area contributed by atoms with Crippen molar-refractivity contribution in [2.24, 2.45) is 5.92 Å². The predicted molar refractivity (Wildman–Crippen MR) is 89.0 cm³/mol. The summed E-state index contributed by atoms with van der Waals surface area (Å²) in [5, 5.41) is 4.55. The smallest absolute Gasteiger partial charge is 0.0553 e. The van der Waals surface area contributed by atoms with Crippen LogP contribution in [0.1, 0.15) is 35.1 Å². The number of rotatable bonds is 1. The van der Waals surface area contributed by atoms with Crippen LogP contribution in [0.4, 0.5) is 5.69 Å². The highest BCUT2D eigenvalue weighted by molar-refractivity contribution is 6.30. The van der Waals surface area contributed by atoms with E-state index in [0.717, 1.165) is 11.4 Å². The molecule has 1 N–H and O–H groups in total. The van der Waals surface area contributed by atoms with Crippen molar-refractivity contribution in [3.05, 3.63) is 76.3 Å². The lowest BCUT2D eigenvalue weighted by molar-refractivity contribution is 0.425. The Morgan fingerprint density at radius 1 is 1.10 bits per heavy atom. The lowest BCUT2D eigenvalue weighted by Gasteiger charge is -2.37. The summed E-state index contributed by atoms with van der Waals surface area (Å²) in [6.45, 7) is 2.17. The quantitative estimate of drug-likeness (QED) is 0.687. The molecule has 3 atom stereocenters. The summed E-state index contributed by atoms with van der Waals surface area (Å²) in [5.41, 5.74) is 5.37. The summed E-state index contributed by atoms with van der Waals surface area (Å²) >= 11 is 6.03. The maximum Gasteiger partial charge on any atom is 0.0553 e. The van der Waals surface area contributed by atoms with Gasteiger partial charge in [0.2, 0.25) is 0 Å². The summed E-state index contributed by atoms with van der Waals surface area (Å²) in [5.74, 6) is 1.13. The molecule has 4 rings (SSSR count). The van der Waals surface area contributed by atoms with Crippen molar-refractivity contribution in [3.63, 3.8) is 0 Å². The Balaban J connectivity index is 1.78. The van der Waals surface area contributed by atoms with Gasteiger partial charge in [-0.25, -0.2) is 0 Å². The number of anilines is 1. The maximum atomic E-state index is 6.03. The van der Waals surface area contributed by atoms with Gasteiger partial charge in [0, 0.05) is 16.6 Å². The molecule has 2 aromatic carbocycles. The molecule has 2 heteroatoms. The van der Waals surface area contributed by atoms with Crippen molar-refractivity contribution in [2.45, 2.75) is 25.3 Å². The number of nitrogens with one attached hydrogen (secondary N) is 1. The Bertz CT molecular complexity index is 702. The molecular weight excluding hydrogens is 278 g/mol. The van der Waals surface area contributed by atoms with E-state index in [2.05, 4.69) is 54.7 Å². The summed E-state index contributed by atoms with van der Waals surface area (Å²) < 4.78 is 0. The van der Waals surface area contributed by atoms with E-state index in [1.54, 1.807) is 0 Å². The van der Waals surface area contributed by atoms with Crippen LogP contribution in [0.25, 0.3) is 0 Å². The van der Waals surface area contributed by atoms with Crippen molar-refractivity contribution in [3.8, 4) is 0 Å². The molecule has 1 aliphatic heterocycles. The molecule has 0 amide bonds. The predicted octanol–water partition coefficient (Wildman–Crippen LogP) is 5.47. The minimum atomic E-state index is 0.359. The summed E-state index contributed by atoms with van der Waals surface area (Å²) in [6.07, 6.45) is 5.85. The average molecular weight is 296 g/mol. The van der Waals surface area contributed by atoms with Crippen LogP contribution < -0.4 is 5.32 Å². The topological polar surface area (TPSA) is 12.0 Å². The van der Waals surface area contributed by atoms with Gasteiger partial charge >= 0.3 is 0 Å². The first-order valence-electron chi connectivity index (χ1n) is 7.51. The second kappa shape index (κ2) is 4.92. The molecule has 2 aliphatic rings. The molecule has 2 aromatic rings. The fraction of sp³-hybridized carbons (Fsp3) is 0.263. The molecule has 0 bridgehead atoms. The molecule has 1 nitrogen and oxygen atoms in total. The number of hydrogen-bond donors (Lipinski definition) is 1. The molecule has 0 saturated heterocycles. The third-order valence-electron chi connectivity index (χ3n) is 4.75. The molecule has 0 saturated carbocycles. The van der Waals surface area contributed by atoms with E-state index in [4.69, 9.17) is 11.6 Å².